The van der Waals surface area contributed by atoms with Crippen molar-refractivity contribution in [1.29, 1.82) is 0 Å². The maximum atomic E-state index is 6.17. The van der Waals surface area contributed by atoms with E-state index in [0.29, 0.717) is 28.6 Å². The van der Waals surface area contributed by atoms with Gasteiger partial charge in [-0.15, -0.1) is 0 Å². The quantitative estimate of drug-likeness (QED) is 0.710. The van der Waals surface area contributed by atoms with E-state index in [2.05, 4.69) is 44.1 Å². The second-order valence-electron chi connectivity index (χ2n) is 6.75. The molecule has 0 fully saturated rings. The second kappa shape index (κ2) is 6.37. The van der Waals surface area contributed by atoms with Crippen LogP contribution in [0.3, 0.4) is 0 Å². The predicted octanol–water partition coefficient (Wildman–Crippen LogP) is 1.35. The minimum Gasteiger partial charge on any atom is -0.368 e. The van der Waals surface area contributed by atoms with Gasteiger partial charge in [0.05, 0.1) is 6.34 Å². The number of anilines is 1. The van der Waals surface area contributed by atoms with Gasteiger partial charge >= 0.3 is 0 Å². The van der Waals surface area contributed by atoms with Crippen LogP contribution < -0.4 is 11.1 Å². The van der Waals surface area contributed by atoms with Crippen molar-refractivity contribution in [1.82, 2.24) is 34.2 Å². The monoisotopic (exact) mass is 354 g/mol. The number of hydrogen-bond donors (Lipinski definition) is 2. The summed E-state index contributed by atoms with van der Waals surface area (Å²) in [5.74, 6) is 2.02. The standard InChI is InChI=1S/C16H22N10/c1-10(2)4-5-18-14-12-16(20-6-19-14)26(9-22-12)25-8-21-11-13(17)24(3)7-23-15(11)25/h6-10,13H,4-5,17H2,1-3H3,(H,18,19,20). The van der Waals surface area contributed by atoms with Crippen molar-refractivity contribution >= 4 is 29.1 Å². The highest BCUT2D eigenvalue weighted by Gasteiger charge is 2.24. The highest BCUT2D eigenvalue weighted by atomic mass is 15.5. The Kier molecular flexibility index (Phi) is 4.03. The number of nitrogens with zero attached hydrogens (tertiary/aromatic N) is 8. The van der Waals surface area contributed by atoms with Gasteiger partial charge in [-0.05, 0) is 12.3 Å². The van der Waals surface area contributed by atoms with Crippen molar-refractivity contribution in [3.05, 3.63) is 24.7 Å². The summed E-state index contributed by atoms with van der Waals surface area (Å²) in [4.78, 5) is 23.9. The van der Waals surface area contributed by atoms with Gasteiger partial charge in [0, 0.05) is 13.6 Å². The Morgan fingerprint density at radius 1 is 1.15 bits per heavy atom. The molecule has 10 heteroatoms. The molecule has 1 atom stereocenters. The molecular weight excluding hydrogens is 332 g/mol. The molecule has 0 bridgehead atoms. The molecule has 4 heterocycles. The van der Waals surface area contributed by atoms with Crippen molar-refractivity contribution in [3.8, 4) is 0 Å². The topological polar surface area (TPSA) is 115 Å². The maximum Gasteiger partial charge on any atom is 0.185 e. The van der Waals surface area contributed by atoms with Crippen LogP contribution in [0.15, 0.2) is 24.0 Å². The number of hydrogen-bond acceptors (Lipinski definition) is 8. The summed E-state index contributed by atoms with van der Waals surface area (Å²) in [5.41, 5.74) is 8.26. The Labute approximate surface area is 150 Å². The Bertz CT molecular complexity index is 953. The van der Waals surface area contributed by atoms with Gasteiger partial charge in [-0.25, -0.2) is 34.3 Å². The molecular formula is C16H22N10. The molecule has 0 saturated carbocycles. The third kappa shape index (κ3) is 2.68. The van der Waals surface area contributed by atoms with E-state index in [1.54, 1.807) is 28.3 Å². The Balaban J connectivity index is 1.72. The molecule has 4 rings (SSSR count). The Hall–Kier alpha value is -3.01. The maximum absolute atomic E-state index is 6.17. The molecule has 0 aromatic carbocycles. The first-order valence-electron chi connectivity index (χ1n) is 8.57. The van der Waals surface area contributed by atoms with E-state index >= 15 is 0 Å². The number of fused-ring (bicyclic) bond motifs is 2. The van der Waals surface area contributed by atoms with E-state index in [0.717, 1.165) is 18.8 Å². The van der Waals surface area contributed by atoms with Gasteiger partial charge in [0.2, 0.25) is 0 Å². The van der Waals surface area contributed by atoms with Gasteiger partial charge in [-0.2, -0.15) is 0 Å². The molecule has 3 aromatic rings. The van der Waals surface area contributed by atoms with Crippen LogP contribution in [0.1, 0.15) is 32.1 Å². The fourth-order valence-electron chi connectivity index (χ4n) is 2.84. The summed E-state index contributed by atoms with van der Waals surface area (Å²) in [5, 5.41) is 3.34. The molecule has 0 amide bonds. The van der Waals surface area contributed by atoms with Gasteiger partial charge in [-0.3, -0.25) is 0 Å². The molecule has 0 saturated heterocycles. The van der Waals surface area contributed by atoms with Gasteiger partial charge in [0.25, 0.3) is 0 Å². The molecule has 1 unspecified atom stereocenters. The molecule has 1 aliphatic rings. The van der Waals surface area contributed by atoms with Crippen molar-refractivity contribution < 1.29 is 0 Å². The minimum absolute atomic E-state index is 0.332. The first-order chi connectivity index (χ1) is 12.6. The zero-order valence-corrected chi connectivity index (χ0v) is 15.0. The molecule has 3 aromatic heterocycles. The molecule has 10 nitrogen and oxygen atoms in total. The molecule has 1 aliphatic heterocycles. The van der Waals surface area contributed by atoms with Crippen molar-refractivity contribution in [3.63, 3.8) is 0 Å². The number of nitrogens with two attached hydrogens (primary N) is 1. The predicted molar refractivity (Wildman–Crippen MR) is 99.1 cm³/mol. The van der Waals surface area contributed by atoms with Gasteiger partial charge in [0.15, 0.2) is 22.8 Å². The van der Waals surface area contributed by atoms with Crippen LogP contribution in [-0.4, -0.2) is 54.1 Å². The van der Waals surface area contributed by atoms with Crippen LogP contribution in [0.25, 0.3) is 11.2 Å². The lowest BCUT2D eigenvalue weighted by Crippen LogP contribution is -2.32. The summed E-state index contributed by atoms with van der Waals surface area (Å²) in [6, 6.07) is 0. The number of nitrogens with one attached hydrogen (secondary N) is 1. The molecule has 0 radical (unpaired) electrons. The van der Waals surface area contributed by atoms with E-state index in [9.17, 15) is 0 Å². The molecule has 26 heavy (non-hydrogen) atoms. The van der Waals surface area contributed by atoms with Crippen LogP contribution in [0.2, 0.25) is 0 Å². The lowest BCUT2D eigenvalue weighted by atomic mass is 10.1. The Morgan fingerprint density at radius 2 is 1.96 bits per heavy atom. The average Bonchev–Trinajstić information content (AvgIpc) is 3.22. The molecule has 3 N–H and O–H groups in total. The summed E-state index contributed by atoms with van der Waals surface area (Å²) >= 11 is 0. The minimum atomic E-state index is -0.332. The zero-order valence-electron chi connectivity index (χ0n) is 15.0. The van der Waals surface area contributed by atoms with Crippen molar-refractivity contribution in [2.24, 2.45) is 16.6 Å². The summed E-state index contributed by atoms with van der Waals surface area (Å²) in [6.07, 6.45) is 7.32. The molecule has 136 valence electrons. The first kappa shape index (κ1) is 16.5. The molecule has 0 spiro atoms. The van der Waals surface area contributed by atoms with Gasteiger partial charge in [-0.1, -0.05) is 13.8 Å². The van der Waals surface area contributed by atoms with Crippen molar-refractivity contribution in [2.45, 2.75) is 26.4 Å². The SMILES string of the molecule is CC(C)CCNc1ncnc2c1ncn2-n1cnc2c1N=CN(C)C2N. The van der Waals surface area contributed by atoms with Crippen LogP contribution >= 0.6 is 0 Å². The highest BCUT2D eigenvalue weighted by Crippen LogP contribution is 2.29. The number of aromatic nitrogens is 6. The van der Waals surface area contributed by atoms with Crippen LogP contribution in [-0.2, 0) is 0 Å². The Morgan fingerprint density at radius 3 is 2.77 bits per heavy atom. The number of aliphatic imine (C=N–C) groups is 1. The van der Waals surface area contributed by atoms with E-state index in [1.807, 2.05) is 11.9 Å². The average molecular weight is 354 g/mol. The third-order valence-electron chi connectivity index (χ3n) is 4.40. The first-order valence-corrected chi connectivity index (χ1v) is 8.57. The van der Waals surface area contributed by atoms with E-state index in [-0.39, 0.29) is 6.17 Å². The van der Waals surface area contributed by atoms with E-state index in [4.69, 9.17) is 5.73 Å². The smallest absolute Gasteiger partial charge is 0.185 e. The second-order valence-corrected chi connectivity index (χ2v) is 6.75. The normalized spacial score (nSPS) is 16.5. The van der Waals surface area contributed by atoms with E-state index < -0.39 is 0 Å². The fraction of sp³-hybridized carbons (Fsp3) is 0.438. The fourth-order valence-corrected chi connectivity index (χ4v) is 2.84. The van der Waals surface area contributed by atoms with Gasteiger partial charge < -0.3 is 16.0 Å². The van der Waals surface area contributed by atoms with E-state index in [1.165, 1.54) is 6.33 Å². The van der Waals surface area contributed by atoms with Gasteiger partial charge in [0.1, 0.15) is 30.8 Å². The third-order valence-corrected chi connectivity index (χ3v) is 4.40. The molecule has 0 aliphatic carbocycles. The largest absolute Gasteiger partial charge is 0.368 e. The summed E-state index contributed by atoms with van der Waals surface area (Å²) in [7, 11) is 1.87. The number of rotatable bonds is 5. The van der Waals surface area contributed by atoms with Crippen LogP contribution in [0, 0.1) is 5.92 Å². The van der Waals surface area contributed by atoms with Crippen LogP contribution in [0.4, 0.5) is 11.6 Å². The van der Waals surface area contributed by atoms with Crippen molar-refractivity contribution in [2.75, 3.05) is 18.9 Å². The zero-order chi connectivity index (χ0) is 18.3. The highest BCUT2D eigenvalue weighted by molar-refractivity contribution is 5.82. The lowest BCUT2D eigenvalue weighted by Gasteiger charge is -2.24. The summed E-state index contributed by atoms with van der Waals surface area (Å²) < 4.78 is 3.59. The summed E-state index contributed by atoms with van der Waals surface area (Å²) in [6.45, 7) is 5.22. The lowest BCUT2D eigenvalue weighted by molar-refractivity contribution is 0.383. The number of imidazole rings is 2. The van der Waals surface area contributed by atoms with Crippen LogP contribution in [0.5, 0.6) is 0 Å².